The van der Waals surface area contributed by atoms with Crippen LogP contribution in [-0.4, -0.2) is 23.0 Å². The molecule has 1 aromatic carbocycles. The fourth-order valence-corrected chi connectivity index (χ4v) is 1.63. The summed E-state index contributed by atoms with van der Waals surface area (Å²) in [5.74, 6) is -2.67. The number of halogens is 2. The van der Waals surface area contributed by atoms with Crippen molar-refractivity contribution in [2.45, 2.75) is 25.8 Å². The van der Waals surface area contributed by atoms with E-state index in [1.54, 1.807) is 6.92 Å². The average Bonchev–Trinajstić information content (AvgIpc) is 2.31. The van der Waals surface area contributed by atoms with E-state index >= 15 is 0 Å². The smallest absolute Gasteiger partial charge is 0.326 e. The van der Waals surface area contributed by atoms with Crippen LogP contribution in [0.25, 0.3) is 0 Å². The lowest BCUT2D eigenvalue weighted by Gasteiger charge is -2.13. The summed E-state index contributed by atoms with van der Waals surface area (Å²) < 4.78 is 13.4. The summed E-state index contributed by atoms with van der Waals surface area (Å²) >= 11 is 5.66. The number of benzene rings is 1. The molecule has 0 spiro atoms. The maximum absolute atomic E-state index is 13.4. The zero-order chi connectivity index (χ0) is 13.7. The first kappa shape index (κ1) is 14.4. The molecular weight excluding hydrogens is 261 g/mol. The Hall–Kier alpha value is -1.62. The van der Waals surface area contributed by atoms with Gasteiger partial charge in [-0.05, 0) is 24.6 Å². The Balaban J connectivity index is 2.86. The lowest BCUT2D eigenvalue weighted by atomic mass is 10.1. The Morgan fingerprint density at radius 2 is 2.17 bits per heavy atom. The maximum Gasteiger partial charge on any atom is 0.326 e. The molecule has 0 fully saturated rings. The number of carbonyl (C=O) groups is 2. The van der Waals surface area contributed by atoms with E-state index in [0.717, 1.165) is 12.1 Å². The van der Waals surface area contributed by atoms with Crippen LogP contribution in [-0.2, 0) is 4.79 Å². The molecule has 1 amide bonds. The van der Waals surface area contributed by atoms with E-state index in [4.69, 9.17) is 16.7 Å². The lowest BCUT2D eigenvalue weighted by molar-refractivity contribution is -0.139. The van der Waals surface area contributed by atoms with Crippen molar-refractivity contribution in [1.82, 2.24) is 5.32 Å². The second-order valence-electron chi connectivity index (χ2n) is 3.78. The maximum atomic E-state index is 13.4. The normalized spacial score (nSPS) is 11.9. The molecule has 0 saturated heterocycles. The van der Waals surface area contributed by atoms with Gasteiger partial charge in [0.15, 0.2) is 0 Å². The third-order valence-electron chi connectivity index (χ3n) is 2.35. The Bertz CT molecular complexity index is 465. The van der Waals surface area contributed by atoms with E-state index in [1.165, 1.54) is 6.07 Å². The van der Waals surface area contributed by atoms with Crippen molar-refractivity contribution >= 4 is 23.5 Å². The Morgan fingerprint density at radius 3 is 2.72 bits per heavy atom. The van der Waals surface area contributed by atoms with Gasteiger partial charge >= 0.3 is 5.97 Å². The van der Waals surface area contributed by atoms with Gasteiger partial charge in [0, 0.05) is 5.02 Å². The summed E-state index contributed by atoms with van der Waals surface area (Å²) in [5.41, 5.74) is -0.259. The van der Waals surface area contributed by atoms with Gasteiger partial charge in [0.1, 0.15) is 11.9 Å². The number of nitrogens with one attached hydrogen (secondary N) is 1. The molecule has 1 rings (SSSR count). The van der Waals surface area contributed by atoms with E-state index in [-0.39, 0.29) is 17.0 Å². The Morgan fingerprint density at radius 1 is 1.50 bits per heavy atom. The van der Waals surface area contributed by atoms with Crippen molar-refractivity contribution in [1.29, 1.82) is 0 Å². The van der Waals surface area contributed by atoms with Crippen molar-refractivity contribution < 1.29 is 19.1 Å². The minimum Gasteiger partial charge on any atom is -0.480 e. The molecular formula is C12H13ClFNO3. The second-order valence-corrected chi connectivity index (χ2v) is 4.21. The fraction of sp³-hybridized carbons (Fsp3) is 0.333. The number of hydrogen-bond acceptors (Lipinski definition) is 2. The van der Waals surface area contributed by atoms with Crippen LogP contribution in [0, 0.1) is 5.82 Å². The fourth-order valence-electron chi connectivity index (χ4n) is 1.45. The first-order valence-electron chi connectivity index (χ1n) is 5.44. The van der Waals surface area contributed by atoms with Crippen molar-refractivity contribution in [2.75, 3.05) is 0 Å². The first-order chi connectivity index (χ1) is 8.45. The van der Waals surface area contributed by atoms with Gasteiger partial charge in [-0.15, -0.1) is 0 Å². The highest BCUT2D eigenvalue weighted by atomic mass is 35.5. The molecule has 4 nitrogen and oxygen atoms in total. The van der Waals surface area contributed by atoms with Crippen molar-refractivity contribution in [2.24, 2.45) is 0 Å². The van der Waals surface area contributed by atoms with E-state index in [1.807, 2.05) is 0 Å². The standard InChI is InChI=1S/C12H13ClFNO3/c1-2-3-10(12(17)18)15-11(16)8-6-7(13)4-5-9(8)14/h4-6,10H,2-3H2,1H3,(H,15,16)(H,17,18)/t10-/m1/s1. The van der Waals surface area contributed by atoms with Crippen LogP contribution in [0.3, 0.4) is 0 Å². The quantitative estimate of drug-likeness (QED) is 0.866. The highest BCUT2D eigenvalue weighted by molar-refractivity contribution is 6.31. The molecule has 0 unspecified atom stereocenters. The Kier molecular flexibility index (Phi) is 5.09. The van der Waals surface area contributed by atoms with Crippen LogP contribution in [0.2, 0.25) is 5.02 Å². The molecule has 0 radical (unpaired) electrons. The molecule has 0 saturated carbocycles. The predicted molar refractivity (Wildman–Crippen MR) is 65.2 cm³/mol. The summed E-state index contributed by atoms with van der Waals surface area (Å²) in [7, 11) is 0. The second kappa shape index (κ2) is 6.35. The summed E-state index contributed by atoms with van der Waals surface area (Å²) in [6, 6.07) is 2.51. The predicted octanol–water partition coefficient (Wildman–Crippen LogP) is 2.46. The van der Waals surface area contributed by atoms with E-state index in [2.05, 4.69) is 5.32 Å². The van der Waals surface area contributed by atoms with Crippen LogP contribution in [0.5, 0.6) is 0 Å². The van der Waals surface area contributed by atoms with E-state index in [0.29, 0.717) is 6.42 Å². The molecule has 0 bridgehead atoms. The molecule has 2 N–H and O–H groups in total. The molecule has 98 valence electrons. The molecule has 0 aromatic heterocycles. The number of carbonyl (C=O) groups excluding carboxylic acids is 1. The zero-order valence-electron chi connectivity index (χ0n) is 9.74. The lowest BCUT2D eigenvalue weighted by Crippen LogP contribution is -2.40. The van der Waals surface area contributed by atoms with Crippen LogP contribution < -0.4 is 5.32 Å². The van der Waals surface area contributed by atoms with E-state index < -0.39 is 23.7 Å². The van der Waals surface area contributed by atoms with Crippen molar-refractivity contribution in [3.63, 3.8) is 0 Å². The molecule has 0 aliphatic carbocycles. The number of rotatable bonds is 5. The van der Waals surface area contributed by atoms with Crippen molar-refractivity contribution in [3.05, 3.63) is 34.6 Å². The number of hydrogen-bond donors (Lipinski definition) is 2. The van der Waals surface area contributed by atoms with Gasteiger partial charge in [-0.3, -0.25) is 4.79 Å². The van der Waals surface area contributed by atoms with Crippen LogP contribution in [0.15, 0.2) is 18.2 Å². The highest BCUT2D eigenvalue weighted by Gasteiger charge is 2.21. The van der Waals surface area contributed by atoms with E-state index in [9.17, 15) is 14.0 Å². The highest BCUT2D eigenvalue weighted by Crippen LogP contribution is 2.15. The van der Waals surface area contributed by atoms with Gasteiger partial charge in [0.2, 0.25) is 0 Å². The van der Waals surface area contributed by atoms with Crippen molar-refractivity contribution in [3.8, 4) is 0 Å². The average molecular weight is 274 g/mol. The third kappa shape index (κ3) is 3.70. The summed E-state index contributed by atoms with van der Waals surface area (Å²) in [4.78, 5) is 22.6. The SMILES string of the molecule is CCC[C@@H](NC(=O)c1cc(Cl)ccc1F)C(=O)O. The summed E-state index contributed by atoms with van der Waals surface area (Å²) in [6.45, 7) is 1.79. The van der Waals surface area contributed by atoms with Gasteiger partial charge in [0.05, 0.1) is 5.56 Å². The third-order valence-corrected chi connectivity index (χ3v) is 2.59. The molecule has 0 heterocycles. The summed E-state index contributed by atoms with van der Waals surface area (Å²) in [5, 5.41) is 11.4. The van der Waals surface area contributed by atoms with Crippen LogP contribution in [0.1, 0.15) is 30.1 Å². The molecule has 1 aromatic rings. The van der Waals surface area contributed by atoms with Gasteiger partial charge < -0.3 is 10.4 Å². The number of carboxylic acids is 1. The number of carboxylic acid groups (broad SMARTS) is 1. The topological polar surface area (TPSA) is 66.4 Å². The molecule has 0 aliphatic rings. The van der Waals surface area contributed by atoms with Crippen LogP contribution >= 0.6 is 11.6 Å². The molecule has 1 atom stereocenters. The first-order valence-corrected chi connectivity index (χ1v) is 5.82. The minimum absolute atomic E-state index is 0.212. The van der Waals surface area contributed by atoms with Gasteiger partial charge in [-0.25, -0.2) is 9.18 Å². The minimum atomic E-state index is -1.15. The van der Waals surface area contributed by atoms with Gasteiger partial charge in [-0.1, -0.05) is 24.9 Å². The van der Waals surface area contributed by atoms with Gasteiger partial charge in [-0.2, -0.15) is 0 Å². The monoisotopic (exact) mass is 273 g/mol. The number of amides is 1. The van der Waals surface area contributed by atoms with Crippen LogP contribution in [0.4, 0.5) is 4.39 Å². The molecule has 6 heteroatoms. The summed E-state index contributed by atoms with van der Waals surface area (Å²) in [6.07, 6.45) is 0.874. The Labute approximate surface area is 109 Å². The largest absolute Gasteiger partial charge is 0.480 e. The molecule has 0 aliphatic heterocycles. The number of aliphatic carboxylic acids is 1. The zero-order valence-corrected chi connectivity index (χ0v) is 10.5. The molecule has 18 heavy (non-hydrogen) atoms. The van der Waals surface area contributed by atoms with Gasteiger partial charge in [0.25, 0.3) is 5.91 Å².